The Morgan fingerprint density at radius 2 is 1.57 bits per heavy atom. The number of anilines is 1. The van der Waals surface area contributed by atoms with Gasteiger partial charge in [0.1, 0.15) is 17.3 Å². The number of ether oxygens (including phenoxy) is 2. The zero-order valence-corrected chi connectivity index (χ0v) is 20.2. The fourth-order valence-corrected chi connectivity index (χ4v) is 4.67. The molecule has 1 amide bonds. The van der Waals surface area contributed by atoms with Gasteiger partial charge in [0.25, 0.3) is 11.7 Å². The Bertz CT molecular complexity index is 1580. The number of nitrogens with zero attached hydrogens (tertiary/aromatic N) is 1. The fraction of sp³-hybridized carbons (Fsp3) is 0.100. The summed E-state index contributed by atoms with van der Waals surface area (Å²) in [6.45, 7) is 1.29. The zero-order chi connectivity index (χ0) is 26.1. The monoisotopic (exact) mass is 493 g/mol. The first kappa shape index (κ1) is 23.8. The lowest BCUT2D eigenvalue weighted by molar-refractivity contribution is -0.132. The van der Waals surface area contributed by atoms with Gasteiger partial charge in [-0.25, -0.2) is 0 Å². The maximum absolute atomic E-state index is 13.5. The SMILES string of the molecule is COc1cccc(N2C(=O)C(=O)/C(=C(\O)c3cccc4ccccc34)C2c2cccc(OC(C)=O)c2)c1. The highest BCUT2D eigenvalue weighted by Gasteiger charge is 2.47. The fourth-order valence-electron chi connectivity index (χ4n) is 4.67. The molecule has 1 saturated heterocycles. The predicted molar refractivity (Wildman–Crippen MR) is 139 cm³/mol. The largest absolute Gasteiger partial charge is 0.507 e. The smallest absolute Gasteiger partial charge is 0.308 e. The molecule has 0 radical (unpaired) electrons. The van der Waals surface area contributed by atoms with Crippen molar-refractivity contribution in [1.29, 1.82) is 0 Å². The number of hydrogen-bond acceptors (Lipinski definition) is 6. The van der Waals surface area contributed by atoms with E-state index >= 15 is 0 Å². The molecule has 1 atom stereocenters. The van der Waals surface area contributed by atoms with Crippen LogP contribution in [0.4, 0.5) is 5.69 Å². The highest BCUT2D eigenvalue weighted by atomic mass is 16.5. The van der Waals surface area contributed by atoms with Crippen molar-refractivity contribution in [2.75, 3.05) is 12.0 Å². The van der Waals surface area contributed by atoms with Gasteiger partial charge in [-0.15, -0.1) is 0 Å². The van der Waals surface area contributed by atoms with Gasteiger partial charge < -0.3 is 14.6 Å². The summed E-state index contributed by atoms with van der Waals surface area (Å²) in [5.41, 5.74) is 1.27. The van der Waals surface area contributed by atoms with Gasteiger partial charge >= 0.3 is 5.97 Å². The van der Waals surface area contributed by atoms with Crippen LogP contribution >= 0.6 is 0 Å². The number of carbonyl (C=O) groups excluding carboxylic acids is 3. The molecule has 0 bridgehead atoms. The summed E-state index contributed by atoms with van der Waals surface area (Å²) in [4.78, 5) is 39.9. The molecule has 1 heterocycles. The molecular weight excluding hydrogens is 470 g/mol. The van der Waals surface area contributed by atoms with Crippen molar-refractivity contribution in [2.45, 2.75) is 13.0 Å². The lowest BCUT2D eigenvalue weighted by Crippen LogP contribution is -2.29. The van der Waals surface area contributed by atoms with Gasteiger partial charge in [0.05, 0.1) is 18.7 Å². The lowest BCUT2D eigenvalue weighted by Gasteiger charge is -2.26. The number of carbonyl (C=O) groups is 3. The summed E-state index contributed by atoms with van der Waals surface area (Å²) in [7, 11) is 1.51. The molecule has 184 valence electrons. The summed E-state index contributed by atoms with van der Waals surface area (Å²) in [6, 6.07) is 25.2. The van der Waals surface area contributed by atoms with Crippen molar-refractivity contribution < 1.29 is 29.0 Å². The number of aliphatic hydroxyl groups excluding tert-OH is 1. The molecule has 1 aliphatic heterocycles. The standard InChI is InChI=1S/C30H23NO6/c1-18(32)37-23-13-5-10-20(16-23)27-26(28(33)25-15-6-9-19-8-3-4-14-24(19)25)29(34)30(35)31(27)21-11-7-12-22(17-21)36-2/h3-17,27,33H,1-2H3/b28-26-. The van der Waals surface area contributed by atoms with Crippen LogP contribution in [0.5, 0.6) is 11.5 Å². The normalized spacial score (nSPS) is 16.7. The molecule has 4 aromatic carbocycles. The summed E-state index contributed by atoms with van der Waals surface area (Å²) >= 11 is 0. The summed E-state index contributed by atoms with van der Waals surface area (Å²) in [6.07, 6.45) is 0. The number of hydrogen-bond donors (Lipinski definition) is 1. The second kappa shape index (κ2) is 9.62. The number of aliphatic hydroxyl groups is 1. The number of rotatable bonds is 5. The van der Waals surface area contributed by atoms with Crippen LogP contribution in [0.1, 0.15) is 24.1 Å². The van der Waals surface area contributed by atoms with E-state index in [0.29, 0.717) is 22.6 Å². The molecule has 1 fully saturated rings. The van der Waals surface area contributed by atoms with E-state index in [1.807, 2.05) is 30.3 Å². The zero-order valence-electron chi connectivity index (χ0n) is 20.2. The molecule has 1 unspecified atom stereocenters. The number of methoxy groups -OCH3 is 1. The molecule has 5 rings (SSSR count). The summed E-state index contributed by atoms with van der Waals surface area (Å²) in [5.74, 6) is -1.65. The maximum atomic E-state index is 13.5. The molecule has 0 aromatic heterocycles. The number of esters is 1. The number of ketones is 1. The number of amides is 1. The van der Waals surface area contributed by atoms with Gasteiger partial charge in [0.15, 0.2) is 0 Å². The second-order valence-electron chi connectivity index (χ2n) is 8.56. The van der Waals surface area contributed by atoms with E-state index in [1.165, 1.54) is 18.9 Å². The van der Waals surface area contributed by atoms with Gasteiger partial charge in [0, 0.05) is 24.2 Å². The van der Waals surface area contributed by atoms with Crippen molar-refractivity contribution in [3.05, 3.63) is 108 Å². The minimum atomic E-state index is -0.985. The number of Topliss-reactive ketones (excluding diaryl/α,β-unsaturated/α-hetero) is 1. The van der Waals surface area contributed by atoms with Gasteiger partial charge in [-0.1, -0.05) is 60.7 Å². The van der Waals surface area contributed by atoms with Crippen LogP contribution in [0.3, 0.4) is 0 Å². The molecule has 7 heteroatoms. The Balaban J connectivity index is 1.76. The van der Waals surface area contributed by atoms with E-state index in [1.54, 1.807) is 60.7 Å². The second-order valence-corrected chi connectivity index (χ2v) is 8.56. The van der Waals surface area contributed by atoms with Gasteiger partial charge in [-0.3, -0.25) is 19.3 Å². The Labute approximate surface area is 213 Å². The van der Waals surface area contributed by atoms with Gasteiger partial charge in [-0.2, -0.15) is 0 Å². The van der Waals surface area contributed by atoms with Crippen molar-refractivity contribution in [1.82, 2.24) is 0 Å². The lowest BCUT2D eigenvalue weighted by atomic mass is 9.93. The summed E-state index contributed by atoms with van der Waals surface area (Å²) in [5, 5.41) is 13.2. The average molecular weight is 494 g/mol. The van der Waals surface area contributed by atoms with Crippen molar-refractivity contribution in [2.24, 2.45) is 0 Å². The molecule has 37 heavy (non-hydrogen) atoms. The first-order chi connectivity index (χ1) is 17.9. The van der Waals surface area contributed by atoms with Crippen LogP contribution in [0.15, 0.2) is 96.6 Å². The molecule has 0 aliphatic carbocycles. The molecule has 1 aliphatic rings. The van der Waals surface area contributed by atoms with E-state index in [4.69, 9.17) is 9.47 Å². The average Bonchev–Trinajstić information content (AvgIpc) is 3.18. The first-order valence-electron chi connectivity index (χ1n) is 11.6. The quantitative estimate of drug-likeness (QED) is 0.132. The first-order valence-corrected chi connectivity index (χ1v) is 11.6. The molecular formula is C30H23NO6. The minimum absolute atomic E-state index is 0.0656. The molecule has 0 spiro atoms. The number of benzene rings is 4. The van der Waals surface area contributed by atoms with E-state index in [9.17, 15) is 19.5 Å². The summed E-state index contributed by atoms with van der Waals surface area (Å²) < 4.78 is 10.6. The third-order valence-corrected chi connectivity index (χ3v) is 6.26. The van der Waals surface area contributed by atoms with E-state index in [0.717, 1.165) is 10.8 Å². The number of fused-ring (bicyclic) bond motifs is 1. The van der Waals surface area contributed by atoms with Crippen LogP contribution in [-0.2, 0) is 14.4 Å². The predicted octanol–water partition coefficient (Wildman–Crippen LogP) is 5.40. The van der Waals surface area contributed by atoms with Crippen LogP contribution in [0.25, 0.3) is 16.5 Å². The van der Waals surface area contributed by atoms with Crippen LogP contribution in [-0.4, -0.2) is 29.9 Å². The van der Waals surface area contributed by atoms with E-state index in [-0.39, 0.29) is 17.1 Å². The molecule has 1 N–H and O–H groups in total. The highest BCUT2D eigenvalue weighted by Crippen LogP contribution is 2.44. The Morgan fingerprint density at radius 1 is 0.865 bits per heavy atom. The van der Waals surface area contributed by atoms with E-state index in [2.05, 4.69) is 0 Å². The van der Waals surface area contributed by atoms with Crippen LogP contribution in [0, 0.1) is 0 Å². The van der Waals surface area contributed by atoms with Crippen LogP contribution in [0.2, 0.25) is 0 Å². The Hall–Kier alpha value is -4.91. The third kappa shape index (κ3) is 4.31. The highest BCUT2D eigenvalue weighted by molar-refractivity contribution is 6.51. The van der Waals surface area contributed by atoms with Crippen LogP contribution < -0.4 is 14.4 Å². The van der Waals surface area contributed by atoms with Crippen molar-refractivity contribution in [3.63, 3.8) is 0 Å². The topological polar surface area (TPSA) is 93.1 Å². The Morgan fingerprint density at radius 3 is 2.35 bits per heavy atom. The van der Waals surface area contributed by atoms with Gasteiger partial charge in [-0.05, 0) is 40.6 Å². The van der Waals surface area contributed by atoms with Crippen molar-refractivity contribution in [3.8, 4) is 11.5 Å². The van der Waals surface area contributed by atoms with E-state index < -0.39 is 23.7 Å². The molecule has 7 nitrogen and oxygen atoms in total. The van der Waals surface area contributed by atoms with Crippen molar-refractivity contribution >= 4 is 39.9 Å². The molecule has 4 aromatic rings. The molecule has 0 saturated carbocycles. The minimum Gasteiger partial charge on any atom is -0.507 e. The Kier molecular flexibility index (Phi) is 6.19. The maximum Gasteiger partial charge on any atom is 0.308 e. The third-order valence-electron chi connectivity index (χ3n) is 6.26. The van der Waals surface area contributed by atoms with Gasteiger partial charge in [0.2, 0.25) is 0 Å².